The number of rotatable bonds is 5. The monoisotopic (exact) mass is 216 g/mol. The quantitative estimate of drug-likeness (QED) is 0.689. The van der Waals surface area contributed by atoms with Crippen LogP contribution in [0.25, 0.3) is 0 Å². The first-order chi connectivity index (χ1) is 7.24. The number of amides is 2. The number of carbonyl (C=O) groups excluding carboxylic acids is 1. The third-order valence-corrected chi connectivity index (χ3v) is 2.51. The second-order valence-electron chi connectivity index (χ2n) is 3.82. The van der Waals surface area contributed by atoms with Gasteiger partial charge in [-0.25, -0.2) is 4.79 Å². The van der Waals surface area contributed by atoms with Crippen molar-refractivity contribution in [2.75, 3.05) is 33.4 Å². The van der Waals surface area contributed by atoms with Gasteiger partial charge in [0.25, 0.3) is 0 Å². The van der Waals surface area contributed by atoms with E-state index >= 15 is 0 Å². The molecule has 5 nitrogen and oxygen atoms in total. The highest BCUT2D eigenvalue weighted by atomic mass is 16.5. The predicted octanol–water partition coefficient (Wildman–Crippen LogP) is 0.189. The molecule has 5 heteroatoms. The predicted molar refractivity (Wildman–Crippen MR) is 56.7 cm³/mol. The fraction of sp³-hybridized carbons (Fsp3) is 0.900. The fourth-order valence-electron chi connectivity index (χ4n) is 1.65. The number of aliphatic hydroxyl groups excluding tert-OH is 1. The van der Waals surface area contributed by atoms with E-state index in [0.29, 0.717) is 19.6 Å². The summed E-state index contributed by atoms with van der Waals surface area (Å²) in [6, 6.07) is -0.0166. The summed E-state index contributed by atoms with van der Waals surface area (Å²) in [4.78, 5) is 13.3. The van der Waals surface area contributed by atoms with Gasteiger partial charge in [0.05, 0.1) is 12.7 Å². The van der Waals surface area contributed by atoms with Crippen molar-refractivity contribution in [2.24, 2.45) is 0 Å². The summed E-state index contributed by atoms with van der Waals surface area (Å²) in [5.41, 5.74) is 0. The zero-order valence-electron chi connectivity index (χ0n) is 9.24. The van der Waals surface area contributed by atoms with E-state index in [-0.39, 0.29) is 6.03 Å². The van der Waals surface area contributed by atoms with Crippen molar-refractivity contribution in [1.29, 1.82) is 0 Å². The summed E-state index contributed by atoms with van der Waals surface area (Å²) in [7, 11) is 1.55. The van der Waals surface area contributed by atoms with Crippen LogP contribution < -0.4 is 5.32 Å². The highest BCUT2D eigenvalue weighted by molar-refractivity contribution is 5.74. The van der Waals surface area contributed by atoms with Crippen LogP contribution in [0.15, 0.2) is 0 Å². The molecule has 1 fully saturated rings. The third-order valence-electron chi connectivity index (χ3n) is 2.51. The topological polar surface area (TPSA) is 61.8 Å². The summed E-state index contributed by atoms with van der Waals surface area (Å²) in [5, 5.41) is 12.1. The molecular formula is C10H20N2O3. The first-order valence-corrected chi connectivity index (χ1v) is 5.44. The lowest BCUT2D eigenvalue weighted by atomic mass is 10.3. The summed E-state index contributed by atoms with van der Waals surface area (Å²) in [6.07, 6.45) is 2.24. The van der Waals surface area contributed by atoms with Gasteiger partial charge < -0.3 is 20.1 Å². The van der Waals surface area contributed by atoms with Gasteiger partial charge >= 0.3 is 6.03 Å². The van der Waals surface area contributed by atoms with Gasteiger partial charge in [-0.05, 0) is 19.3 Å². The number of methoxy groups -OCH3 is 1. The van der Waals surface area contributed by atoms with Crippen LogP contribution in [0.1, 0.15) is 19.3 Å². The highest BCUT2D eigenvalue weighted by Crippen LogP contribution is 2.06. The number of nitrogens with one attached hydrogen (secondary N) is 1. The van der Waals surface area contributed by atoms with E-state index in [0.717, 1.165) is 25.9 Å². The third kappa shape index (κ3) is 4.48. The van der Waals surface area contributed by atoms with Gasteiger partial charge in [0.15, 0.2) is 0 Å². The maximum absolute atomic E-state index is 11.5. The molecule has 1 unspecified atom stereocenters. The summed E-state index contributed by atoms with van der Waals surface area (Å²) >= 11 is 0. The second kappa shape index (κ2) is 6.63. The van der Waals surface area contributed by atoms with Gasteiger partial charge in [0, 0.05) is 26.7 Å². The molecule has 0 aromatic rings. The Morgan fingerprint density at radius 2 is 2.20 bits per heavy atom. The number of hydrogen-bond acceptors (Lipinski definition) is 3. The zero-order valence-corrected chi connectivity index (χ0v) is 9.24. The van der Waals surface area contributed by atoms with Crippen LogP contribution in [0.3, 0.4) is 0 Å². The van der Waals surface area contributed by atoms with E-state index in [1.807, 2.05) is 4.90 Å². The van der Waals surface area contributed by atoms with Gasteiger partial charge in [-0.1, -0.05) is 0 Å². The Kier molecular flexibility index (Phi) is 5.42. The SMILES string of the molecule is COCC(O)CCNC(=O)N1CCCC1. The second-order valence-corrected chi connectivity index (χ2v) is 3.82. The van der Waals surface area contributed by atoms with E-state index in [1.54, 1.807) is 7.11 Å². The van der Waals surface area contributed by atoms with Gasteiger partial charge in [-0.3, -0.25) is 0 Å². The van der Waals surface area contributed by atoms with E-state index in [9.17, 15) is 9.90 Å². The molecule has 0 saturated carbocycles. The Balaban J connectivity index is 2.06. The van der Waals surface area contributed by atoms with Gasteiger partial charge in [0.2, 0.25) is 0 Å². The Hall–Kier alpha value is -0.810. The smallest absolute Gasteiger partial charge is 0.317 e. The maximum atomic E-state index is 11.5. The molecule has 0 spiro atoms. The van der Waals surface area contributed by atoms with Crippen molar-refractivity contribution >= 4 is 6.03 Å². The van der Waals surface area contributed by atoms with Gasteiger partial charge in [0.1, 0.15) is 0 Å². The molecule has 0 bridgehead atoms. The van der Waals surface area contributed by atoms with Crippen LogP contribution in [-0.2, 0) is 4.74 Å². The van der Waals surface area contributed by atoms with E-state index < -0.39 is 6.10 Å². The molecule has 15 heavy (non-hydrogen) atoms. The minimum atomic E-state index is -0.492. The Morgan fingerprint density at radius 1 is 1.53 bits per heavy atom. The number of carbonyl (C=O) groups is 1. The zero-order chi connectivity index (χ0) is 11.1. The van der Waals surface area contributed by atoms with Gasteiger partial charge in [-0.2, -0.15) is 0 Å². The average Bonchev–Trinajstić information content (AvgIpc) is 2.70. The van der Waals surface area contributed by atoms with Crippen molar-refractivity contribution in [3.63, 3.8) is 0 Å². The minimum absolute atomic E-state index is 0.0166. The van der Waals surface area contributed by atoms with Crippen molar-refractivity contribution in [1.82, 2.24) is 10.2 Å². The highest BCUT2D eigenvalue weighted by Gasteiger charge is 2.17. The Labute approximate surface area is 90.4 Å². The van der Waals surface area contributed by atoms with Crippen LogP contribution in [0, 0.1) is 0 Å². The lowest BCUT2D eigenvalue weighted by molar-refractivity contribution is 0.0596. The van der Waals surface area contributed by atoms with E-state index in [4.69, 9.17) is 4.74 Å². The van der Waals surface area contributed by atoms with Crippen molar-refractivity contribution in [3.05, 3.63) is 0 Å². The summed E-state index contributed by atoms with van der Waals surface area (Å²) in [5.74, 6) is 0. The largest absolute Gasteiger partial charge is 0.391 e. The van der Waals surface area contributed by atoms with Crippen molar-refractivity contribution in [2.45, 2.75) is 25.4 Å². The van der Waals surface area contributed by atoms with Crippen LogP contribution in [0.2, 0.25) is 0 Å². The first-order valence-electron chi connectivity index (χ1n) is 5.44. The lowest BCUT2D eigenvalue weighted by Gasteiger charge is -2.17. The molecule has 1 aliphatic rings. The summed E-state index contributed by atoms with van der Waals surface area (Å²) < 4.78 is 4.79. The first kappa shape index (κ1) is 12.3. The number of aliphatic hydroxyl groups is 1. The molecule has 0 radical (unpaired) electrons. The molecule has 1 rings (SSSR count). The Bertz CT molecular complexity index is 193. The molecular weight excluding hydrogens is 196 g/mol. The molecule has 1 heterocycles. The number of likely N-dealkylation sites (tertiary alicyclic amines) is 1. The standard InChI is InChI=1S/C10H20N2O3/c1-15-8-9(13)4-5-11-10(14)12-6-2-3-7-12/h9,13H,2-8H2,1H3,(H,11,14). The van der Waals surface area contributed by atoms with Crippen molar-refractivity contribution in [3.8, 4) is 0 Å². The lowest BCUT2D eigenvalue weighted by Crippen LogP contribution is -2.39. The Morgan fingerprint density at radius 3 is 2.80 bits per heavy atom. The number of ether oxygens (including phenoxy) is 1. The number of hydrogen-bond donors (Lipinski definition) is 2. The summed E-state index contributed by atoms with van der Waals surface area (Å²) in [6.45, 7) is 2.53. The molecule has 0 aromatic carbocycles. The molecule has 0 aliphatic carbocycles. The average molecular weight is 216 g/mol. The van der Waals surface area contributed by atoms with E-state index in [1.165, 1.54) is 0 Å². The van der Waals surface area contributed by atoms with Crippen LogP contribution in [-0.4, -0.2) is 55.5 Å². The minimum Gasteiger partial charge on any atom is -0.391 e. The maximum Gasteiger partial charge on any atom is 0.317 e. The molecule has 88 valence electrons. The van der Waals surface area contributed by atoms with Gasteiger partial charge in [-0.15, -0.1) is 0 Å². The fourth-order valence-corrected chi connectivity index (χ4v) is 1.65. The normalized spacial score (nSPS) is 17.9. The number of urea groups is 1. The number of nitrogens with zero attached hydrogens (tertiary/aromatic N) is 1. The van der Waals surface area contributed by atoms with Crippen LogP contribution >= 0.6 is 0 Å². The molecule has 1 saturated heterocycles. The van der Waals surface area contributed by atoms with E-state index in [2.05, 4.69) is 5.32 Å². The molecule has 0 aromatic heterocycles. The molecule has 2 amide bonds. The van der Waals surface area contributed by atoms with Crippen LogP contribution in [0.5, 0.6) is 0 Å². The molecule has 1 atom stereocenters. The molecule has 1 aliphatic heterocycles. The van der Waals surface area contributed by atoms with Crippen molar-refractivity contribution < 1.29 is 14.6 Å². The van der Waals surface area contributed by atoms with Crippen LogP contribution in [0.4, 0.5) is 4.79 Å². The molecule has 2 N–H and O–H groups in total.